The number of phenols is 4. The van der Waals surface area contributed by atoms with E-state index in [0.717, 1.165) is 16.3 Å². The molecule has 158 valence electrons. The van der Waals surface area contributed by atoms with Crippen LogP contribution in [0.4, 0.5) is 0 Å². The fourth-order valence-corrected chi connectivity index (χ4v) is 4.45. The highest BCUT2D eigenvalue weighted by molar-refractivity contribution is 6.07. The molecule has 0 saturated heterocycles. The molecule has 0 saturated carbocycles. The molecule has 0 aliphatic carbocycles. The van der Waals surface area contributed by atoms with Crippen LogP contribution in [0.3, 0.4) is 0 Å². The van der Waals surface area contributed by atoms with E-state index in [9.17, 15) is 20.4 Å². The van der Waals surface area contributed by atoms with Gasteiger partial charge in [0, 0.05) is 29.2 Å². The summed E-state index contributed by atoms with van der Waals surface area (Å²) in [6.45, 7) is 0. The molecule has 4 N–H and O–H groups in total. The van der Waals surface area contributed by atoms with Gasteiger partial charge in [-0.2, -0.15) is 0 Å². The van der Waals surface area contributed by atoms with E-state index in [1.165, 1.54) is 35.0 Å². The molecule has 0 fully saturated rings. The van der Waals surface area contributed by atoms with Gasteiger partial charge in [0.25, 0.3) is 0 Å². The molecule has 5 rings (SSSR count). The molecule has 0 unspecified atom stereocenters. The zero-order chi connectivity index (χ0) is 22.2. The standard InChI is InChI=1S/C28H22O4/c29-20-9-11-23(27(31)15-20)26(24-12-10-21(30)16-28(24)32)14-17-5-6-19-8-7-18-3-1-2-4-22(18)25(19)13-17/h1-13,15-16,26,29-32H,14H2. The molecule has 0 aromatic heterocycles. The summed E-state index contributed by atoms with van der Waals surface area (Å²) in [6.07, 6.45) is 0.510. The molecule has 0 heterocycles. The zero-order valence-electron chi connectivity index (χ0n) is 17.2. The van der Waals surface area contributed by atoms with Gasteiger partial charge in [0.05, 0.1) is 0 Å². The predicted molar refractivity (Wildman–Crippen MR) is 127 cm³/mol. The van der Waals surface area contributed by atoms with Crippen LogP contribution in [0.15, 0.2) is 91.0 Å². The number of rotatable bonds is 4. The Labute approximate surface area is 185 Å². The lowest BCUT2D eigenvalue weighted by atomic mass is 9.84. The first-order valence-electron chi connectivity index (χ1n) is 10.4. The minimum absolute atomic E-state index is 0.0305. The molecule has 32 heavy (non-hydrogen) atoms. The number of hydrogen-bond acceptors (Lipinski definition) is 4. The quantitative estimate of drug-likeness (QED) is 0.260. The summed E-state index contributed by atoms with van der Waals surface area (Å²) in [6, 6.07) is 27.7. The van der Waals surface area contributed by atoms with Gasteiger partial charge in [-0.25, -0.2) is 0 Å². The fraction of sp³-hybridized carbons (Fsp3) is 0.0714. The van der Waals surface area contributed by atoms with Crippen molar-refractivity contribution in [3.05, 3.63) is 108 Å². The van der Waals surface area contributed by atoms with E-state index in [2.05, 4.69) is 42.5 Å². The van der Waals surface area contributed by atoms with Gasteiger partial charge in [0.1, 0.15) is 23.0 Å². The Balaban J connectivity index is 1.65. The topological polar surface area (TPSA) is 80.9 Å². The third kappa shape index (κ3) is 3.56. The van der Waals surface area contributed by atoms with Gasteiger partial charge in [0.15, 0.2) is 0 Å². The molecule has 0 aliphatic heterocycles. The van der Waals surface area contributed by atoms with Crippen LogP contribution in [0, 0.1) is 0 Å². The summed E-state index contributed by atoms with van der Waals surface area (Å²) in [5.74, 6) is -0.541. The maximum absolute atomic E-state index is 10.6. The number of benzene rings is 5. The Morgan fingerprint density at radius 3 is 1.72 bits per heavy atom. The van der Waals surface area contributed by atoms with Crippen molar-refractivity contribution < 1.29 is 20.4 Å². The van der Waals surface area contributed by atoms with Crippen LogP contribution in [-0.2, 0) is 6.42 Å². The first-order chi connectivity index (χ1) is 15.5. The van der Waals surface area contributed by atoms with E-state index in [4.69, 9.17) is 0 Å². The van der Waals surface area contributed by atoms with E-state index in [1.807, 2.05) is 12.1 Å². The van der Waals surface area contributed by atoms with E-state index < -0.39 is 0 Å². The van der Waals surface area contributed by atoms with Crippen molar-refractivity contribution in [1.29, 1.82) is 0 Å². The average Bonchev–Trinajstić information content (AvgIpc) is 2.78. The molecule has 0 amide bonds. The number of fused-ring (bicyclic) bond motifs is 3. The molecule has 0 spiro atoms. The van der Waals surface area contributed by atoms with Gasteiger partial charge in [-0.05, 0) is 45.7 Å². The van der Waals surface area contributed by atoms with E-state index in [0.29, 0.717) is 17.5 Å². The second kappa shape index (κ2) is 7.82. The lowest BCUT2D eigenvalue weighted by Crippen LogP contribution is -2.06. The molecule has 5 aromatic carbocycles. The third-order valence-corrected chi connectivity index (χ3v) is 6.03. The smallest absolute Gasteiger partial charge is 0.123 e. The van der Waals surface area contributed by atoms with E-state index in [-0.39, 0.29) is 28.9 Å². The Kier molecular flexibility index (Phi) is 4.83. The Hall–Kier alpha value is -4.18. The molecule has 4 heteroatoms. The highest BCUT2D eigenvalue weighted by atomic mass is 16.3. The van der Waals surface area contributed by atoms with Gasteiger partial charge < -0.3 is 20.4 Å². The normalized spacial score (nSPS) is 11.4. The van der Waals surface area contributed by atoms with Crippen LogP contribution in [0.5, 0.6) is 23.0 Å². The molecule has 0 atom stereocenters. The summed E-state index contributed by atoms with van der Waals surface area (Å²) in [5.41, 5.74) is 2.21. The number of aromatic hydroxyl groups is 4. The van der Waals surface area contributed by atoms with E-state index >= 15 is 0 Å². The second-order valence-corrected chi connectivity index (χ2v) is 8.09. The maximum Gasteiger partial charge on any atom is 0.123 e. The minimum Gasteiger partial charge on any atom is -0.508 e. The van der Waals surface area contributed by atoms with Crippen LogP contribution in [0.2, 0.25) is 0 Å². The van der Waals surface area contributed by atoms with Crippen molar-refractivity contribution in [2.75, 3.05) is 0 Å². The van der Waals surface area contributed by atoms with Crippen molar-refractivity contribution in [3.8, 4) is 23.0 Å². The van der Waals surface area contributed by atoms with Crippen molar-refractivity contribution in [2.45, 2.75) is 12.3 Å². The Bertz CT molecular complexity index is 1400. The molecule has 0 radical (unpaired) electrons. The monoisotopic (exact) mass is 422 g/mol. The van der Waals surface area contributed by atoms with Gasteiger partial charge in [-0.3, -0.25) is 0 Å². The molecular formula is C28H22O4. The summed E-state index contributed by atoms with van der Waals surface area (Å²) < 4.78 is 0. The van der Waals surface area contributed by atoms with Crippen LogP contribution >= 0.6 is 0 Å². The van der Waals surface area contributed by atoms with Crippen molar-refractivity contribution >= 4 is 21.5 Å². The first-order valence-corrected chi connectivity index (χ1v) is 10.4. The predicted octanol–water partition coefficient (Wildman–Crippen LogP) is 6.19. The van der Waals surface area contributed by atoms with Crippen LogP contribution in [0.25, 0.3) is 21.5 Å². The minimum atomic E-state index is -0.386. The average molecular weight is 422 g/mol. The molecule has 0 aliphatic rings. The highest BCUT2D eigenvalue weighted by Gasteiger charge is 2.22. The van der Waals surface area contributed by atoms with Crippen LogP contribution in [-0.4, -0.2) is 20.4 Å². The zero-order valence-corrected chi connectivity index (χ0v) is 17.2. The third-order valence-electron chi connectivity index (χ3n) is 6.03. The van der Waals surface area contributed by atoms with Gasteiger partial charge in [0.2, 0.25) is 0 Å². The summed E-state index contributed by atoms with van der Waals surface area (Å²) in [4.78, 5) is 0. The highest BCUT2D eigenvalue weighted by Crippen LogP contribution is 2.40. The lowest BCUT2D eigenvalue weighted by Gasteiger charge is -2.21. The van der Waals surface area contributed by atoms with Gasteiger partial charge in [-0.1, -0.05) is 66.7 Å². The number of phenolic OH excluding ortho intramolecular Hbond substituents is 4. The van der Waals surface area contributed by atoms with Crippen molar-refractivity contribution in [2.24, 2.45) is 0 Å². The lowest BCUT2D eigenvalue weighted by molar-refractivity contribution is 0.436. The number of hydrogen-bond donors (Lipinski definition) is 4. The molecular weight excluding hydrogens is 400 g/mol. The second-order valence-electron chi connectivity index (χ2n) is 8.09. The van der Waals surface area contributed by atoms with Crippen molar-refractivity contribution in [1.82, 2.24) is 0 Å². The van der Waals surface area contributed by atoms with Crippen LogP contribution in [0.1, 0.15) is 22.6 Å². The molecule has 4 nitrogen and oxygen atoms in total. The Morgan fingerprint density at radius 2 is 1.09 bits per heavy atom. The van der Waals surface area contributed by atoms with Gasteiger partial charge >= 0.3 is 0 Å². The van der Waals surface area contributed by atoms with Crippen LogP contribution < -0.4 is 0 Å². The van der Waals surface area contributed by atoms with Gasteiger partial charge in [-0.15, -0.1) is 0 Å². The first kappa shape index (κ1) is 19.8. The van der Waals surface area contributed by atoms with Crippen molar-refractivity contribution in [3.63, 3.8) is 0 Å². The van der Waals surface area contributed by atoms with E-state index in [1.54, 1.807) is 12.1 Å². The summed E-state index contributed by atoms with van der Waals surface area (Å²) >= 11 is 0. The molecule has 5 aromatic rings. The summed E-state index contributed by atoms with van der Waals surface area (Å²) in [5, 5.41) is 45.3. The molecule has 0 bridgehead atoms. The Morgan fingerprint density at radius 1 is 0.531 bits per heavy atom. The SMILES string of the molecule is Oc1ccc(C(Cc2ccc3ccc4ccccc4c3c2)c2ccc(O)cc2O)c(O)c1. The fourth-order valence-electron chi connectivity index (χ4n) is 4.45. The largest absolute Gasteiger partial charge is 0.508 e. The summed E-state index contributed by atoms with van der Waals surface area (Å²) in [7, 11) is 0. The maximum atomic E-state index is 10.6.